The Morgan fingerprint density at radius 3 is 2.63 bits per heavy atom. The summed E-state index contributed by atoms with van der Waals surface area (Å²) in [6.45, 7) is 0.0171. The van der Waals surface area contributed by atoms with E-state index >= 15 is 0 Å². The third kappa shape index (κ3) is 2.26. The Labute approximate surface area is 111 Å². The fraction of sp³-hybridized carbons (Fsp3) is 0.0667. The summed E-state index contributed by atoms with van der Waals surface area (Å²) in [6.07, 6.45) is 1.54. The maximum absolute atomic E-state index is 9.20. The van der Waals surface area contributed by atoms with Gasteiger partial charge in [0.15, 0.2) is 5.82 Å². The van der Waals surface area contributed by atoms with Crippen LogP contribution >= 0.6 is 0 Å². The normalized spacial score (nSPS) is 10.6. The molecule has 3 aromatic rings. The Morgan fingerprint density at radius 2 is 1.84 bits per heavy atom. The standard InChI is InChI=1S/C15H13N3O/c19-10-12-5-4-8-14(9-12)18-15(16-11-17-18)13-6-2-1-3-7-13/h1-9,11,19H,10H2. The molecule has 4 nitrogen and oxygen atoms in total. The maximum atomic E-state index is 9.20. The molecule has 0 atom stereocenters. The van der Waals surface area contributed by atoms with Crippen LogP contribution in [0.3, 0.4) is 0 Å². The molecule has 0 amide bonds. The predicted octanol–water partition coefficient (Wildman–Crippen LogP) is 2.43. The molecule has 0 saturated carbocycles. The van der Waals surface area contributed by atoms with E-state index in [1.165, 1.54) is 6.33 Å². The molecule has 3 rings (SSSR count). The molecule has 0 bridgehead atoms. The number of nitrogens with zero attached hydrogens (tertiary/aromatic N) is 3. The Kier molecular flexibility index (Phi) is 3.08. The molecule has 0 aliphatic carbocycles. The fourth-order valence-corrected chi connectivity index (χ4v) is 2.00. The summed E-state index contributed by atoms with van der Waals surface area (Å²) in [6, 6.07) is 17.5. The first kappa shape index (κ1) is 11.6. The number of hydrogen-bond donors (Lipinski definition) is 1. The van der Waals surface area contributed by atoms with E-state index in [0.29, 0.717) is 0 Å². The van der Waals surface area contributed by atoms with Crippen LogP contribution in [0.5, 0.6) is 0 Å². The van der Waals surface area contributed by atoms with Gasteiger partial charge in [0.1, 0.15) is 6.33 Å². The average Bonchev–Trinajstić information content (AvgIpc) is 2.98. The lowest BCUT2D eigenvalue weighted by atomic mass is 10.2. The van der Waals surface area contributed by atoms with Crippen LogP contribution in [0.25, 0.3) is 17.1 Å². The van der Waals surface area contributed by atoms with Gasteiger partial charge < -0.3 is 5.11 Å². The molecule has 0 saturated heterocycles. The Morgan fingerprint density at radius 1 is 1.00 bits per heavy atom. The van der Waals surface area contributed by atoms with Crippen molar-refractivity contribution < 1.29 is 5.11 Å². The van der Waals surface area contributed by atoms with Gasteiger partial charge in [-0.15, -0.1) is 0 Å². The van der Waals surface area contributed by atoms with E-state index in [1.807, 2.05) is 54.6 Å². The van der Waals surface area contributed by atoms with Crippen LogP contribution in [-0.2, 0) is 6.61 Å². The van der Waals surface area contributed by atoms with E-state index in [1.54, 1.807) is 4.68 Å². The number of rotatable bonds is 3. The summed E-state index contributed by atoms with van der Waals surface area (Å²) in [5, 5.41) is 13.5. The molecule has 0 aliphatic heterocycles. The van der Waals surface area contributed by atoms with Gasteiger partial charge in [-0.1, -0.05) is 42.5 Å². The number of aliphatic hydroxyl groups excluding tert-OH is 1. The lowest BCUT2D eigenvalue weighted by Gasteiger charge is -2.07. The SMILES string of the molecule is OCc1cccc(-n2ncnc2-c2ccccc2)c1. The summed E-state index contributed by atoms with van der Waals surface area (Å²) in [7, 11) is 0. The van der Waals surface area contributed by atoms with Gasteiger partial charge in [-0.3, -0.25) is 0 Å². The van der Waals surface area contributed by atoms with Crippen molar-refractivity contribution in [2.45, 2.75) is 6.61 Å². The topological polar surface area (TPSA) is 50.9 Å². The second-order valence-corrected chi connectivity index (χ2v) is 4.19. The summed E-state index contributed by atoms with van der Waals surface area (Å²) >= 11 is 0. The second kappa shape index (κ2) is 5.04. The van der Waals surface area contributed by atoms with Crippen LogP contribution in [-0.4, -0.2) is 19.9 Å². The van der Waals surface area contributed by atoms with Gasteiger partial charge in [-0.05, 0) is 17.7 Å². The quantitative estimate of drug-likeness (QED) is 0.777. The Balaban J connectivity index is 2.09. The van der Waals surface area contributed by atoms with E-state index in [4.69, 9.17) is 0 Å². The highest BCUT2D eigenvalue weighted by atomic mass is 16.3. The zero-order chi connectivity index (χ0) is 13.1. The average molecular weight is 251 g/mol. The van der Waals surface area contributed by atoms with Crippen molar-refractivity contribution in [1.29, 1.82) is 0 Å². The molecule has 0 radical (unpaired) electrons. The molecule has 4 heteroatoms. The highest BCUT2D eigenvalue weighted by Crippen LogP contribution is 2.20. The van der Waals surface area contributed by atoms with E-state index in [0.717, 1.165) is 22.6 Å². The zero-order valence-corrected chi connectivity index (χ0v) is 10.3. The van der Waals surface area contributed by atoms with Crippen molar-refractivity contribution in [1.82, 2.24) is 14.8 Å². The van der Waals surface area contributed by atoms with Crippen LogP contribution in [0.4, 0.5) is 0 Å². The molecular weight excluding hydrogens is 238 g/mol. The van der Waals surface area contributed by atoms with Crippen LogP contribution in [0.1, 0.15) is 5.56 Å². The second-order valence-electron chi connectivity index (χ2n) is 4.19. The minimum Gasteiger partial charge on any atom is -0.392 e. The van der Waals surface area contributed by atoms with Gasteiger partial charge >= 0.3 is 0 Å². The van der Waals surface area contributed by atoms with Gasteiger partial charge in [0.2, 0.25) is 0 Å². The highest BCUT2D eigenvalue weighted by Gasteiger charge is 2.08. The molecule has 1 heterocycles. The van der Waals surface area contributed by atoms with E-state index in [9.17, 15) is 5.11 Å². The molecule has 19 heavy (non-hydrogen) atoms. The van der Waals surface area contributed by atoms with Gasteiger partial charge in [-0.2, -0.15) is 5.10 Å². The van der Waals surface area contributed by atoms with Crippen LogP contribution in [0.15, 0.2) is 60.9 Å². The monoisotopic (exact) mass is 251 g/mol. The summed E-state index contributed by atoms with van der Waals surface area (Å²) in [5.74, 6) is 0.788. The lowest BCUT2D eigenvalue weighted by Crippen LogP contribution is -2.00. The number of aromatic nitrogens is 3. The predicted molar refractivity (Wildman–Crippen MR) is 72.7 cm³/mol. The first-order valence-corrected chi connectivity index (χ1v) is 6.04. The summed E-state index contributed by atoms with van der Waals surface area (Å²) < 4.78 is 1.77. The van der Waals surface area contributed by atoms with Crippen molar-refractivity contribution in [3.63, 3.8) is 0 Å². The van der Waals surface area contributed by atoms with Crippen LogP contribution in [0.2, 0.25) is 0 Å². The van der Waals surface area contributed by atoms with Crippen LogP contribution < -0.4 is 0 Å². The molecule has 0 unspecified atom stereocenters. The van der Waals surface area contributed by atoms with Crippen molar-refractivity contribution in [3.8, 4) is 17.1 Å². The highest BCUT2D eigenvalue weighted by molar-refractivity contribution is 5.57. The Hall–Kier alpha value is -2.46. The molecular formula is C15H13N3O. The van der Waals surface area contributed by atoms with Crippen molar-refractivity contribution in [3.05, 3.63) is 66.5 Å². The molecule has 0 aliphatic rings. The van der Waals surface area contributed by atoms with E-state index < -0.39 is 0 Å². The largest absolute Gasteiger partial charge is 0.392 e. The first-order valence-electron chi connectivity index (χ1n) is 6.04. The lowest BCUT2D eigenvalue weighted by molar-refractivity contribution is 0.282. The number of benzene rings is 2. The van der Waals surface area contributed by atoms with Gasteiger partial charge in [-0.25, -0.2) is 9.67 Å². The molecule has 2 aromatic carbocycles. The van der Waals surface area contributed by atoms with Crippen LogP contribution in [0, 0.1) is 0 Å². The van der Waals surface area contributed by atoms with Crippen molar-refractivity contribution in [2.75, 3.05) is 0 Å². The third-order valence-electron chi connectivity index (χ3n) is 2.92. The smallest absolute Gasteiger partial charge is 0.163 e. The van der Waals surface area contributed by atoms with Crippen molar-refractivity contribution in [2.24, 2.45) is 0 Å². The minimum absolute atomic E-state index is 0.0171. The fourth-order valence-electron chi connectivity index (χ4n) is 2.00. The van der Waals surface area contributed by atoms with Gasteiger partial charge in [0.25, 0.3) is 0 Å². The molecule has 0 spiro atoms. The molecule has 0 fully saturated rings. The van der Waals surface area contributed by atoms with Gasteiger partial charge in [0, 0.05) is 5.56 Å². The molecule has 1 aromatic heterocycles. The Bertz CT molecular complexity index is 677. The third-order valence-corrected chi connectivity index (χ3v) is 2.92. The molecule has 94 valence electrons. The number of hydrogen-bond acceptors (Lipinski definition) is 3. The number of aliphatic hydroxyl groups is 1. The van der Waals surface area contributed by atoms with Gasteiger partial charge in [0.05, 0.1) is 12.3 Å². The minimum atomic E-state index is 0.0171. The first-order chi connectivity index (χ1) is 9.38. The molecule has 1 N–H and O–H groups in total. The van der Waals surface area contributed by atoms with Crippen molar-refractivity contribution >= 4 is 0 Å². The van der Waals surface area contributed by atoms with E-state index in [-0.39, 0.29) is 6.61 Å². The van der Waals surface area contributed by atoms with E-state index in [2.05, 4.69) is 10.1 Å². The maximum Gasteiger partial charge on any atom is 0.163 e. The summed E-state index contributed by atoms with van der Waals surface area (Å²) in [5.41, 5.74) is 2.75. The summed E-state index contributed by atoms with van der Waals surface area (Å²) in [4.78, 5) is 4.31. The zero-order valence-electron chi connectivity index (χ0n) is 10.3.